The summed E-state index contributed by atoms with van der Waals surface area (Å²) in [6, 6.07) is 0.433. The Morgan fingerprint density at radius 2 is 2.00 bits per heavy atom. The van der Waals surface area contributed by atoms with Crippen molar-refractivity contribution in [2.75, 3.05) is 33.2 Å². The van der Waals surface area contributed by atoms with E-state index in [-0.39, 0.29) is 0 Å². The molecule has 2 N–H and O–H groups in total. The molecule has 1 heterocycles. The van der Waals surface area contributed by atoms with E-state index in [1.807, 2.05) is 7.05 Å². The fourth-order valence-corrected chi connectivity index (χ4v) is 2.44. The van der Waals surface area contributed by atoms with Crippen LogP contribution < -0.4 is 10.6 Å². The number of nitrogens with zero attached hydrogens (tertiary/aromatic N) is 2. The third-order valence-corrected chi connectivity index (χ3v) is 3.45. The summed E-state index contributed by atoms with van der Waals surface area (Å²) in [4.78, 5) is 6.82. The summed E-state index contributed by atoms with van der Waals surface area (Å²) >= 11 is 0. The first kappa shape index (κ1) is 15.3. The van der Waals surface area contributed by atoms with Gasteiger partial charge in [0.1, 0.15) is 0 Å². The van der Waals surface area contributed by atoms with Crippen LogP contribution in [0.15, 0.2) is 4.99 Å². The molecule has 1 rings (SSSR count). The van der Waals surface area contributed by atoms with Crippen molar-refractivity contribution in [1.29, 1.82) is 0 Å². The number of hydrogen-bond donors (Lipinski definition) is 2. The number of nitrogens with one attached hydrogen (secondary N) is 2. The van der Waals surface area contributed by atoms with E-state index in [9.17, 15) is 0 Å². The zero-order valence-electron chi connectivity index (χ0n) is 12.5. The van der Waals surface area contributed by atoms with Crippen LogP contribution in [0, 0.1) is 5.92 Å². The normalized spacial score (nSPS) is 19.3. The summed E-state index contributed by atoms with van der Waals surface area (Å²) in [5.74, 6) is 1.73. The smallest absolute Gasteiger partial charge is 0.191 e. The topological polar surface area (TPSA) is 39.7 Å². The summed E-state index contributed by atoms with van der Waals surface area (Å²) in [7, 11) is 1.83. The van der Waals surface area contributed by atoms with Crippen LogP contribution in [-0.4, -0.2) is 50.1 Å². The fourth-order valence-electron chi connectivity index (χ4n) is 2.44. The Morgan fingerprint density at radius 3 is 2.50 bits per heavy atom. The first-order chi connectivity index (χ1) is 8.65. The van der Waals surface area contributed by atoms with Crippen LogP contribution in [0.1, 0.15) is 40.0 Å². The number of rotatable bonds is 5. The SMILES string of the molecule is CCCN1CCC(CNC(=NC)NC(C)C)CC1. The summed E-state index contributed by atoms with van der Waals surface area (Å²) in [5, 5.41) is 6.76. The van der Waals surface area contributed by atoms with Gasteiger partial charge in [0.15, 0.2) is 5.96 Å². The van der Waals surface area contributed by atoms with E-state index in [0.29, 0.717) is 6.04 Å². The van der Waals surface area contributed by atoms with Gasteiger partial charge in [-0.05, 0) is 58.7 Å². The minimum Gasteiger partial charge on any atom is -0.356 e. The molecular formula is C14H30N4. The predicted molar refractivity (Wildman–Crippen MR) is 79.1 cm³/mol. The minimum absolute atomic E-state index is 0.433. The van der Waals surface area contributed by atoms with Gasteiger partial charge in [0.25, 0.3) is 0 Å². The molecule has 0 saturated carbocycles. The molecule has 0 aliphatic carbocycles. The van der Waals surface area contributed by atoms with Gasteiger partial charge in [0.2, 0.25) is 0 Å². The van der Waals surface area contributed by atoms with Gasteiger partial charge in [-0.25, -0.2) is 0 Å². The largest absolute Gasteiger partial charge is 0.356 e. The maximum atomic E-state index is 4.24. The van der Waals surface area contributed by atoms with Gasteiger partial charge in [-0.1, -0.05) is 6.92 Å². The summed E-state index contributed by atoms with van der Waals surface area (Å²) < 4.78 is 0. The van der Waals surface area contributed by atoms with Crippen molar-refractivity contribution in [2.45, 2.75) is 46.1 Å². The molecule has 0 bridgehead atoms. The molecule has 0 radical (unpaired) electrons. The highest BCUT2D eigenvalue weighted by Crippen LogP contribution is 2.16. The van der Waals surface area contributed by atoms with Crippen molar-refractivity contribution in [3.8, 4) is 0 Å². The Hall–Kier alpha value is -0.770. The molecule has 1 aliphatic rings. The highest BCUT2D eigenvalue weighted by atomic mass is 15.2. The van der Waals surface area contributed by atoms with Crippen molar-refractivity contribution in [3.05, 3.63) is 0 Å². The van der Waals surface area contributed by atoms with E-state index in [1.54, 1.807) is 0 Å². The van der Waals surface area contributed by atoms with Crippen LogP contribution in [0.2, 0.25) is 0 Å². The van der Waals surface area contributed by atoms with E-state index in [4.69, 9.17) is 0 Å². The van der Waals surface area contributed by atoms with Gasteiger partial charge in [-0.3, -0.25) is 4.99 Å². The molecule has 0 aromatic rings. The van der Waals surface area contributed by atoms with E-state index in [0.717, 1.165) is 18.4 Å². The molecule has 1 saturated heterocycles. The Kier molecular flexibility index (Phi) is 7.09. The predicted octanol–water partition coefficient (Wildman–Crippen LogP) is 1.68. The van der Waals surface area contributed by atoms with Crippen LogP contribution >= 0.6 is 0 Å². The molecule has 0 aromatic carbocycles. The summed E-state index contributed by atoms with van der Waals surface area (Å²) in [5.41, 5.74) is 0. The average Bonchev–Trinajstić information content (AvgIpc) is 2.36. The van der Waals surface area contributed by atoms with Gasteiger partial charge in [0, 0.05) is 19.6 Å². The molecule has 0 aromatic heterocycles. The molecule has 1 fully saturated rings. The zero-order chi connectivity index (χ0) is 13.4. The molecule has 0 unspecified atom stereocenters. The van der Waals surface area contributed by atoms with Crippen LogP contribution in [-0.2, 0) is 0 Å². The second-order valence-electron chi connectivity index (χ2n) is 5.54. The monoisotopic (exact) mass is 254 g/mol. The molecule has 0 spiro atoms. The fraction of sp³-hybridized carbons (Fsp3) is 0.929. The third kappa shape index (κ3) is 5.71. The minimum atomic E-state index is 0.433. The van der Waals surface area contributed by atoms with Gasteiger partial charge in [-0.2, -0.15) is 0 Å². The molecule has 106 valence electrons. The Balaban J connectivity index is 2.20. The van der Waals surface area contributed by atoms with Gasteiger partial charge in [-0.15, -0.1) is 0 Å². The lowest BCUT2D eigenvalue weighted by Crippen LogP contribution is -2.44. The zero-order valence-corrected chi connectivity index (χ0v) is 12.5. The average molecular weight is 254 g/mol. The summed E-state index contributed by atoms with van der Waals surface area (Å²) in [6.45, 7) is 11.4. The molecule has 0 atom stereocenters. The first-order valence-corrected chi connectivity index (χ1v) is 7.35. The number of aliphatic imine (C=N–C) groups is 1. The number of piperidine rings is 1. The van der Waals surface area contributed by atoms with E-state index in [1.165, 1.54) is 38.9 Å². The Morgan fingerprint density at radius 1 is 1.33 bits per heavy atom. The van der Waals surface area contributed by atoms with Crippen molar-refractivity contribution in [2.24, 2.45) is 10.9 Å². The van der Waals surface area contributed by atoms with Crippen molar-refractivity contribution < 1.29 is 0 Å². The number of hydrogen-bond acceptors (Lipinski definition) is 2. The maximum absolute atomic E-state index is 4.24. The lowest BCUT2D eigenvalue weighted by Gasteiger charge is -2.32. The molecule has 1 aliphatic heterocycles. The van der Waals surface area contributed by atoms with E-state index < -0.39 is 0 Å². The second kappa shape index (κ2) is 8.35. The van der Waals surface area contributed by atoms with Gasteiger partial charge < -0.3 is 15.5 Å². The highest BCUT2D eigenvalue weighted by molar-refractivity contribution is 5.79. The van der Waals surface area contributed by atoms with Crippen molar-refractivity contribution >= 4 is 5.96 Å². The molecular weight excluding hydrogens is 224 g/mol. The first-order valence-electron chi connectivity index (χ1n) is 7.35. The van der Waals surface area contributed by atoms with Gasteiger partial charge in [0.05, 0.1) is 0 Å². The van der Waals surface area contributed by atoms with Crippen molar-refractivity contribution in [1.82, 2.24) is 15.5 Å². The Bertz CT molecular complexity index is 242. The lowest BCUT2D eigenvalue weighted by molar-refractivity contribution is 0.185. The molecule has 4 heteroatoms. The summed E-state index contributed by atoms with van der Waals surface area (Å²) in [6.07, 6.45) is 3.89. The standard InChI is InChI=1S/C14H30N4/c1-5-8-18-9-6-13(7-10-18)11-16-14(15-4)17-12(2)3/h12-13H,5-11H2,1-4H3,(H2,15,16,17). The van der Waals surface area contributed by atoms with Crippen LogP contribution in [0.4, 0.5) is 0 Å². The second-order valence-corrected chi connectivity index (χ2v) is 5.54. The molecule has 4 nitrogen and oxygen atoms in total. The van der Waals surface area contributed by atoms with Crippen LogP contribution in [0.5, 0.6) is 0 Å². The van der Waals surface area contributed by atoms with E-state index in [2.05, 4.69) is 41.3 Å². The molecule has 18 heavy (non-hydrogen) atoms. The van der Waals surface area contributed by atoms with E-state index >= 15 is 0 Å². The maximum Gasteiger partial charge on any atom is 0.191 e. The lowest BCUT2D eigenvalue weighted by atomic mass is 9.97. The van der Waals surface area contributed by atoms with Crippen molar-refractivity contribution in [3.63, 3.8) is 0 Å². The van der Waals surface area contributed by atoms with Crippen LogP contribution in [0.3, 0.4) is 0 Å². The number of likely N-dealkylation sites (tertiary alicyclic amines) is 1. The number of guanidine groups is 1. The van der Waals surface area contributed by atoms with Crippen LogP contribution in [0.25, 0.3) is 0 Å². The van der Waals surface area contributed by atoms with Gasteiger partial charge >= 0.3 is 0 Å². The Labute approximate surface area is 112 Å². The quantitative estimate of drug-likeness (QED) is 0.579. The third-order valence-electron chi connectivity index (χ3n) is 3.45. The highest BCUT2D eigenvalue weighted by Gasteiger charge is 2.18. The molecule has 0 amide bonds.